The molecule has 7 heteroatoms. The maximum absolute atomic E-state index is 12.6. The minimum Gasteiger partial charge on any atom is -0.478 e. The number of nitrogens with one attached hydrogen (secondary N) is 1. The number of carbonyl (C=O) groups excluding carboxylic acids is 2. The third-order valence-electron chi connectivity index (χ3n) is 4.91. The standard InChI is InChI=1S/C21H34N4O3/c1-6-28-18-8-7-17(13-22-18)20(27)25-11-9-16(10-12-25)19(26)23-14-21(2,3)15-24(4)5/h7-8,13,16H,6,9-12,14-15H2,1-5H3,(H,23,26). The Balaban J connectivity index is 1.81. The predicted octanol–water partition coefficient (Wildman–Crippen LogP) is 2.04. The van der Waals surface area contributed by atoms with Gasteiger partial charge in [-0.15, -0.1) is 0 Å². The van der Waals surface area contributed by atoms with E-state index in [1.54, 1.807) is 23.2 Å². The maximum Gasteiger partial charge on any atom is 0.255 e. The smallest absolute Gasteiger partial charge is 0.255 e. The Morgan fingerprint density at radius 3 is 2.50 bits per heavy atom. The molecule has 1 aliphatic rings. The van der Waals surface area contributed by atoms with Crippen LogP contribution in [0.1, 0.15) is 44.0 Å². The van der Waals surface area contributed by atoms with Gasteiger partial charge in [-0.2, -0.15) is 0 Å². The molecule has 1 fully saturated rings. The fraction of sp³-hybridized carbons (Fsp3) is 0.667. The van der Waals surface area contributed by atoms with E-state index in [0.717, 1.165) is 6.54 Å². The largest absolute Gasteiger partial charge is 0.478 e. The highest BCUT2D eigenvalue weighted by atomic mass is 16.5. The molecule has 1 aromatic heterocycles. The zero-order valence-corrected chi connectivity index (χ0v) is 17.8. The van der Waals surface area contributed by atoms with Crippen molar-refractivity contribution >= 4 is 11.8 Å². The molecule has 2 amide bonds. The second-order valence-corrected chi connectivity index (χ2v) is 8.50. The Bertz CT molecular complexity index is 650. The van der Waals surface area contributed by atoms with Gasteiger partial charge in [-0.3, -0.25) is 9.59 Å². The first-order valence-corrected chi connectivity index (χ1v) is 10.0. The zero-order chi connectivity index (χ0) is 20.7. The van der Waals surface area contributed by atoms with Gasteiger partial charge in [-0.25, -0.2) is 4.98 Å². The Labute approximate surface area is 168 Å². The van der Waals surface area contributed by atoms with E-state index in [9.17, 15) is 9.59 Å². The lowest BCUT2D eigenvalue weighted by molar-refractivity contribution is -0.126. The second-order valence-electron chi connectivity index (χ2n) is 8.50. The van der Waals surface area contributed by atoms with Gasteiger partial charge >= 0.3 is 0 Å². The zero-order valence-electron chi connectivity index (χ0n) is 17.8. The molecular weight excluding hydrogens is 356 g/mol. The van der Waals surface area contributed by atoms with E-state index in [4.69, 9.17) is 4.74 Å². The molecule has 0 aliphatic carbocycles. The second kappa shape index (κ2) is 9.87. The molecule has 1 saturated heterocycles. The lowest BCUT2D eigenvalue weighted by atomic mass is 9.91. The van der Waals surface area contributed by atoms with E-state index >= 15 is 0 Å². The Hall–Kier alpha value is -2.15. The molecule has 28 heavy (non-hydrogen) atoms. The molecule has 2 rings (SSSR count). The Kier molecular flexibility index (Phi) is 7.80. The summed E-state index contributed by atoms with van der Waals surface area (Å²) in [6.07, 6.45) is 2.94. The number of ether oxygens (including phenoxy) is 1. The summed E-state index contributed by atoms with van der Waals surface area (Å²) in [6.45, 7) is 9.49. The van der Waals surface area contributed by atoms with Crippen molar-refractivity contribution in [3.8, 4) is 5.88 Å². The van der Waals surface area contributed by atoms with Gasteiger partial charge in [-0.1, -0.05) is 13.8 Å². The predicted molar refractivity (Wildman–Crippen MR) is 109 cm³/mol. The molecule has 7 nitrogen and oxygen atoms in total. The summed E-state index contributed by atoms with van der Waals surface area (Å²) in [4.78, 5) is 33.3. The highest BCUT2D eigenvalue weighted by molar-refractivity contribution is 5.94. The van der Waals surface area contributed by atoms with E-state index in [0.29, 0.717) is 50.5 Å². The summed E-state index contributed by atoms with van der Waals surface area (Å²) in [5.41, 5.74) is 0.577. The van der Waals surface area contributed by atoms with Crippen molar-refractivity contribution in [3.05, 3.63) is 23.9 Å². The quantitative estimate of drug-likeness (QED) is 0.735. The van der Waals surface area contributed by atoms with Crippen LogP contribution in [0.2, 0.25) is 0 Å². The molecule has 156 valence electrons. The Morgan fingerprint density at radius 2 is 1.96 bits per heavy atom. The normalized spacial score (nSPS) is 15.6. The molecule has 0 saturated carbocycles. The maximum atomic E-state index is 12.6. The number of amides is 2. The molecule has 1 N–H and O–H groups in total. The van der Waals surface area contributed by atoms with Gasteiger partial charge in [0.25, 0.3) is 5.91 Å². The van der Waals surface area contributed by atoms with Crippen LogP contribution in [0, 0.1) is 11.3 Å². The number of pyridine rings is 1. The third-order valence-corrected chi connectivity index (χ3v) is 4.91. The minimum atomic E-state index is -0.0403. The summed E-state index contributed by atoms with van der Waals surface area (Å²) in [6, 6.07) is 3.46. The van der Waals surface area contributed by atoms with Crippen LogP contribution >= 0.6 is 0 Å². The number of hydrogen-bond acceptors (Lipinski definition) is 5. The van der Waals surface area contributed by atoms with Gasteiger partial charge in [0.2, 0.25) is 11.8 Å². The Morgan fingerprint density at radius 1 is 1.29 bits per heavy atom. The first kappa shape index (κ1) is 22.1. The number of aromatic nitrogens is 1. The lowest BCUT2D eigenvalue weighted by Gasteiger charge is -2.33. The number of rotatable bonds is 8. The van der Waals surface area contributed by atoms with E-state index in [2.05, 4.69) is 29.0 Å². The van der Waals surface area contributed by atoms with Crippen molar-refractivity contribution in [3.63, 3.8) is 0 Å². The van der Waals surface area contributed by atoms with Crippen molar-refractivity contribution in [2.45, 2.75) is 33.6 Å². The third kappa shape index (κ3) is 6.48. The fourth-order valence-electron chi connectivity index (χ4n) is 3.65. The van der Waals surface area contributed by atoms with Crippen LogP contribution in [-0.4, -0.2) is 73.5 Å². The van der Waals surface area contributed by atoms with Crippen molar-refractivity contribution in [1.29, 1.82) is 0 Å². The van der Waals surface area contributed by atoms with Crippen LogP contribution in [0.5, 0.6) is 5.88 Å². The van der Waals surface area contributed by atoms with Crippen molar-refractivity contribution in [2.24, 2.45) is 11.3 Å². The van der Waals surface area contributed by atoms with E-state index in [-0.39, 0.29) is 23.1 Å². The summed E-state index contributed by atoms with van der Waals surface area (Å²) in [7, 11) is 4.08. The molecule has 0 radical (unpaired) electrons. The average molecular weight is 391 g/mol. The van der Waals surface area contributed by atoms with Crippen LogP contribution < -0.4 is 10.1 Å². The molecule has 0 bridgehead atoms. The van der Waals surface area contributed by atoms with Gasteiger partial charge < -0.3 is 19.9 Å². The molecule has 0 atom stereocenters. The minimum absolute atomic E-state index is 0.0243. The molecule has 2 heterocycles. The monoisotopic (exact) mass is 390 g/mol. The summed E-state index contributed by atoms with van der Waals surface area (Å²) >= 11 is 0. The first-order chi connectivity index (χ1) is 13.2. The van der Waals surface area contributed by atoms with Crippen LogP contribution in [0.4, 0.5) is 0 Å². The van der Waals surface area contributed by atoms with Crippen molar-refractivity contribution < 1.29 is 14.3 Å². The van der Waals surface area contributed by atoms with Crippen LogP contribution in [0.25, 0.3) is 0 Å². The topological polar surface area (TPSA) is 74.8 Å². The van der Waals surface area contributed by atoms with Crippen LogP contribution in [0.15, 0.2) is 18.3 Å². The molecule has 1 aliphatic heterocycles. The lowest BCUT2D eigenvalue weighted by Crippen LogP contribution is -2.46. The van der Waals surface area contributed by atoms with Crippen molar-refractivity contribution in [1.82, 2.24) is 20.1 Å². The van der Waals surface area contributed by atoms with Gasteiger partial charge in [0, 0.05) is 44.4 Å². The number of nitrogens with zero attached hydrogens (tertiary/aromatic N) is 3. The van der Waals surface area contributed by atoms with Gasteiger partial charge in [0.05, 0.1) is 12.2 Å². The van der Waals surface area contributed by atoms with Gasteiger partial charge in [-0.05, 0) is 45.3 Å². The number of carbonyl (C=O) groups is 2. The van der Waals surface area contributed by atoms with E-state index in [1.165, 1.54) is 0 Å². The molecule has 0 unspecified atom stereocenters. The van der Waals surface area contributed by atoms with Crippen LogP contribution in [0.3, 0.4) is 0 Å². The molecule has 1 aromatic rings. The summed E-state index contributed by atoms with van der Waals surface area (Å²) < 4.78 is 5.31. The highest BCUT2D eigenvalue weighted by Crippen LogP contribution is 2.21. The van der Waals surface area contributed by atoms with Gasteiger partial charge in [0.1, 0.15) is 0 Å². The van der Waals surface area contributed by atoms with Gasteiger partial charge in [0.15, 0.2) is 0 Å². The van der Waals surface area contributed by atoms with Crippen molar-refractivity contribution in [2.75, 3.05) is 46.9 Å². The average Bonchev–Trinajstić information content (AvgIpc) is 2.66. The fourth-order valence-corrected chi connectivity index (χ4v) is 3.65. The number of piperidine rings is 1. The first-order valence-electron chi connectivity index (χ1n) is 10.0. The van der Waals surface area contributed by atoms with Crippen LogP contribution in [-0.2, 0) is 4.79 Å². The molecule has 0 spiro atoms. The molecular formula is C21H34N4O3. The SMILES string of the molecule is CCOc1ccc(C(=O)N2CCC(C(=O)NCC(C)(C)CN(C)C)CC2)cn1. The highest BCUT2D eigenvalue weighted by Gasteiger charge is 2.29. The van der Waals surface area contributed by atoms with E-state index in [1.807, 2.05) is 21.0 Å². The molecule has 0 aromatic carbocycles. The summed E-state index contributed by atoms with van der Waals surface area (Å²) in [5.74, 6) is 0.549. The summed E-state index contributed by atoms with van der Waals surface area (Å²) in [5, 5.41) is 3.10. The van der Waals surface area contributed by atoms with E-state index < -0.39 is 0 Å². The number of likely N-dealkylation sites (tertiary alicyclic amines) is 1. The number of hydrogen-bond donors (Lipinski definition) is 1.